The summed E-state index contributed by atoms with van der Waals surface area (Å²) in [6, 6.07) is 6.97. The maximum absolute atomic E-state index is 12.3. The summed E-state index contributed by atoms with van der Waals surface area (Å²) in [5, 5.41) is 13.2. The van der Waals surface area contributed by atoms with Gasteiger partial charge in [0.05, 0.1) is 10.6 Å². The highest BCUT2D eigenvalue weighted by molar-refractivity contribution is 6.33. The number of anilines is 1. The number of halogens is 5. The minimum Gasteiger partial charge on any atom is -0.482 e. The van der Waals surface area contributed by atoms with Crippen LogP contribution in [0.3, 0.4) is 0 Å². The summed E-state index contributed by atoms with van der Waals surface area (Å²) < 4.78 is 41.6. The molecule has 1 amide bonds. The molecule has 0 fully saturated rings. The van der Waals surface area contributed by atoms with Gasteiger partial charge in [-0.05, 0) is 30.3 Å². The van der Waals surface area contributed by atoms with Gasteiger partial charge in [-0.2, -0.15) is 13.2 Å². The van der Waals surface area contributed by atoms with Crippen LogP contribution in [0.25, 0.3) is 0 Å². The summed E-state index contributed by atoms with van der Waals surface area (Å²) in [5.74, 6) is -1.08. The van der Waals surface area contributed by atoms with E-state index in [1.807, 2.05) is 0 Å². The average Bonchev–Trinajstić information content (AvgIpc) is 2.53. The summed E-state index contributed by atoms with van der Waals surface area (Å²) in [4.78, 5) is 22.4. The van der Waals surface area contributed by atoms with Gasteiger partial charge >= 0.3 is 6.18 Å². The SMILES string of the molecule is O=C(Nc1cc(Cl)ccc1OCC(F)(F)F)c1ccc(Cl)c([N+](=O)[O-])c1. The molecule has 11 heteroatoms. The van der Waals surface area contributed by atoms with Crippen LogP contribution in [-0.2, 0) is 0 Å². The zero-order valence-electron chi connectivity index (χ0n) is 12.6. The molecule has 0 aromatic heterocycles. The molecule has 0 atom stereocenters. The summed E-state index contributed by atoms with van der Waals surface area (Å²) in [7, 11) is 0. The van der Waals surface area contributed by atoms with E-state index < -0.39 is 29.3 Å². The zero-order valence-corrected chi connectivity index (χ0v) is 14.2. The molecule has 0 aliphatic heterocycles. The Bertz CT molecular complexity index is 859. The molecule has 0 spiro atoms. The first-order valence-corrected chi connectivity index (χ1v) is 7.57. The lowest BCUT2D eigenvalue weighted by Crippen LogP contribution is -2.20. The van der Waals surface area contributed by atoms with Gasteiger partial charge in [0.15, 0.2) is 6.61 Å². The number of hydrogen-bond acceptors (Lipinski definition) is 4. The lowest BCUT2D eigenvalue weighted by atomic mass is 10.2. The van der Waals surface area contributed by atoms with Crippen LogP contribution in [0.4, 0.5) is 24.5 Å². The molecule has 2 aromatic carbocycles. The quantitative estimate of drug-likeness (QED) is 0.551. The van der Waals surface area contributed by atoms with Crippen LogP contribution >= 0.6 is 23.2 Å². The van der Waals surface area contributed by atoms with Crippen molar-refractivity contribution in [1.29, 1.82) is 0 Å². The molecule has 0 saturated carbocycles. The second kappa shape index (κ2) is 7.79. The van der Waals surface area contributed by atoms with Crippen LogP contribution in [0, 0.1) is 10.1 Å². The Labute approximate surface area is 154 Å². The van der Waals surface area contributed by atoms with E-state index in [2.05, 4.69) is 10.1 Å². The van der Waals surface area contributed by atoms with Gasteiger partial charge in [0.1, 0.15) is 10.8 Å². The minimum atomic E-state index is -4.57. The largest absolute Gasteiger partial charge is 0.482 e. The molecular weight excluding hydrogens is 400 g/mol. The number of nitrogens with zero attached hydrogens (tertiary/aromatic N) is 1. The van der Waals surface area contributed by atoms with Crippen molar-refractivity contribution in [3.05, 3.63) is 62.1 Å². The molecule has 0 aliphatic carbocycles. The van der Waals surface area contributed by atoms with Crippen molar-refractivity contribution in [3.8, 4) is 5.75 Å². The highest BCUT2D eigenvalue weighted by Gasteiger charge is 2.29. The van der Waals surface area contributed by atoms with E-state index in [0.29, 0.717) is 0 Å². The fourth-order valence-corrected chi connectivity index (χ4v) is 2.23. The van der Waals surface area contributed by atoms with Crippen molar-refractivity contribution in [2.45, 2.75) is 6.18 Å². The monoisotopic (exact) mass is 408 g/mol. The summed E-state index contributed by atoms with van der Waals surface area (Å²) in [6.45, 7) is -1.57. The van der Waals surface area contributed by atoms with E-state index in [1.165, 1.54) is 18.2 Å². The number of nitro groups is 1. The fourth-order valence-electron chi connectivity index (χ4n) is 1.87. The molecule has 0 unspecified atom stereocenters. The molecule has 0 aliphatic rings. The molecule has 0 heterocycles. The topological polar surface area (TPSA) is 81.5 Å². The van der Waals surface area contributed by atoms with Crippen LogP contribution in [0.5, 0.6) is 5.75 Å². The molecule has 26 heavy (non-hydrogen) atoms. The highest BCUT2D eigenvalue weighted by Crippen LogP contribution is 2.31. The van der Waals surface area contributed by atoms with E-state index >= 15 is 0 Å². The van der Waals surface area contributed by atoms with Gasteiger partial charge in [0.25, 0.3) is 11.6 Å². The number of carbonyl (C=O) groups is 1. The number of nitrogens with one attached hydrogen (secondary N) is 1. The van der Waals surface area contributed by atoms with Crippen molar-refractivity contribution >= 4 is 40.5 Å². The highest BCUT2D eigenvalue weighted by atomic mass is 35.5. The summed E-state index contributed by atoms with van der Waals surface area (Å²) in [6.07, 6.45) is -4.57. The van der Waals surface area contributed by atoms with Crippen molar-refractivity contribution in [2.75, 3.05) is 11.9 Å². The first-order chi connectivity index (χ1) is 12.1. The molecule has 0 radical (unpaired) electrons. The Balaban J connectivity index is 2.27. The van der Waals surface area contributed by atoms with Gasteiger partial charge in [0, 0.05) is 16.7 Å². The standard InChI is InChI=1S/C15H9Cl2F3N2O4/c16-9-2-4-13(26-7-15(18,19)20)11(6-9)21-14(23)8-1-3-10(17)12(5-8)22(24)25/h1-6H,7H2,(H,21,23). The van der Waals surface area contributed by atoms with Crippen molar-refractivity contribution < 1.29 is 27.6 Å². The second-order valence-corrected chi connectivity index (χ2v) is 5.77. The Morgan fingerprint density at radius 3 is 2.50 bits per heavy atom. The third-order valence-corrected chi connectivity index (χ3v) is 3.54. The predicted octanol–water partition coefficient (Wildman–Crippen LogP) is 5.10. The van der Waals surface area contributed by atoms with Gasteiger partial charge in [-0.25, -0.2) is 0 Å². The fraction of sp³-hybridized carbons (Fsp3) is 0.133. The van der Waals surface area contributed by atoms with Gasteiger partial charge in [0.2, 0.25) is 0 Å². The normalized spacial score (nSPS) is 11.1. The van der Waals surface area contributed by atoms with Gasteiger partial charge < -0.3 is 10.1 Å². The van der Waals surface area contributed by atoms with E-state index in [0.717, 1.165) is 18.2 Å². The first-order valence-electron chi connectivity index (χ1n) is 6.81. The molecule has 0 saturated heterocycles. The number of rotatable bonds is 5. The smallest absolute Gasteiger partial charge is 0.422 e. The number of nitro benzene ring substituents is 1. The Hall–Kier alpha value is -2.52. The van der Waals surface area contributed by atoms with E-state index in [4.69, 9.17) is 23.2 Å². The second-order valence-electron chi connectivity index (χ2n) is 4.92. The Kier molecular flexibility index (Phi) is 5.94. The summed E-state index contributed by atoms with van der Waals surface area (Å²) >= 11 is 11.5. The van der Waals surface area contributed by atoms with Crippen LogP contribution in [-0.4, -0.2) is 23.6 Å². The molecule has 138 valence electrons. The van der Waals surface area contributed by atoms with Gasteiger partial charge in [-0.15, -0.1) is 0 Å². The van der Waals surface area contributed by atoms with Crippen molar-refractivity contribution in [1.82, 2.24) is 0 Å². The lowest BCUT2D eigenvalue weighted by Gasteiger charge is -2.14. The summed E-state index contributed by atoms with van der Waals surface area (Å²) in [5.41, 5.74) is -0.730. The van der Waals surface area contributed by atoms with Crippen LogP contribution in [0.1, 0.15) is 10.4 Å². The first kappa shape index (κ1) is 19.8. The molecule has 1 N–H and O–H groups in total. The van der Waals surface area contributed by atoms with Crippen LogP contribution < -0.4 is 10.1 Å². The molecular formula is C15H9Cl2F3N2O4. The maximum atomic E-state index is 12.3. The number of amides is 1. The van der Waals surface area contributed by atoms with Gasteiger partial charge in [-0.1, -0.05) is 23.2 Å². The third kappa shape index (κ3) is 5.24. The van der Waals surface area contributed by atoms with E-state index in [1.54, 1.807) is 0 Å². The van der Waals surface area contributed by atoms with Crippen LogP contribution in [0.2, 0.25) is 10.0 Å². The number of ether oxygens (including phenoxy) is 1. The molecule has 2 rings (SSSR count). The number of hydrogen-bond donors (Lipinski definition) is 1. The van der Waals surface area contributed by atoms with E-state index in [-0.39, 0.29) is 27.0 Å². The van der Waals surface area contributed by atoms with Crippen LogP contribution in [0.15, 0.2) is 36.4 Å². The predicted molar refractivity (Wildman–Crippen MR) is 89.1 cm³/mol. The number of carbonyl (C=O) groups excluding carboxylic acids is 1. The average molecular weight is 409 g/mol. The molecule has 2 aromatic rings. The Morgan fingerprint density at radius 2 is 1.88 bits per heavy atom. The minimum absolute atomic E-state index is 0.121. The number of alkyl halides is 3. The third-order valence-electron chi connectivity index (χ3n) is 2.99. The number of benzene rings is 2. The lowest BCUT2D eigenvalue weighted by molar-refractivity contribution is -0.384. The van der Waals surface area contributed by atoms with Crippen molar-refractivity contribution in [3.63, 3.8) is 0 Å². The van der Waals surface area contributed by atoms with Gasteiger partial charge in [-0.3, -0.25) is 14.9 Å². The molecule has 0 bridgehead atoms. The van der Waals surface area contributed by atoms with E-state index in [9.17, 15) is 28.1 Å². The zero-order chi connectivity index (χ0) is 19.5. The maximum Gasteiger partial charge on any atom is 0.422 e. The molecule has 6 nitrogen and oxygen atoms in total. The Morgan fingerprint density at radius 1 is 1.19 bits per heavy atom. The van der Waals surface area contributed by atoms with Crippen molar-refractivity contribution in [2.24, 2.45) is 0 Å².